The van der Waals surface area contributed by atoms with Gasteiger partial charge in [0.25, 0.3) is 0 Å². The molecule has 3 rings (SSSR count). The molecular weight excluding hydrogens is 298 g/mol. The van der Waals surface area contributed by atoms with E-state index < -0.39 is 26.6 Å². The topological polar surface area (TPSA) is 63.4 Å². The normalized spacial score (nSPS) is 19.2. The van der Waals surface area contributed by atoms with E-state index in [4.69, 9.17) is 5.73 Å². The summed E-state index contributed by atoms with van der Waals surface area (Å²) in [5, 5.41) is 0. The first-order chi connectivity index (χ1) is 9.88. The molecule has 2 fully saturated rings. The molecule has 0 aromatic heterocycles. The van der Waals surface area contributed by atoms with Gasteiger partial charge < -0.3 is 5.73 Å². The first kappa shape index (κ1) is 14.7. The Balaban J connectivity index is 1.93. The number of rotatable bonds is 6. The van der Waals surface area contributed by atoms with Gasteiger partial charge in [0.05, 0.1) is 5.69 Å². The van der Waals surface area contributed by atoms with E-state index in [0.29, 0.717) is 31.0 Å². The number of nitrogen functional groups attached to an aromatic ring is 1. The Morgan fingerprint density at radius 3 is 2.05 bits per heavy atom. The van der Waals surface area contributed by atoms with E-state index in [-0.39, 0.29) is 5.69 Å². The van der Waals surface area contributed by atoms with Crippen LogP contribution in [0.3, 0.4) is 0 Å². The van der Waals surface area contributed by atoms with Crippen molar-refractivity contribution in [2.75, 3.05) is 18.8 Å². The number of hydrogen-bond donors (Lipinski definition) is 1. The van der Waals surface area contributed by atoms with E-state index in [1.807, 2.05) is 0 Å². The van der Waals surface area contributed by atoms with Crippen molar-refractivity contribution >= 4 is 15.7 Å². The SMILES string of the molecule is Nc1cc(S(=O)(=O)N(CC2CC2)CC2CC2)c(F)cc1F. The molecule has 21 heavy (non-hydrogen) atoms. The van der Waals surface area contributed by atoms with Crippen LogP contribution < -0.4 is 5.73 Å². The van der Waals surface area contributed by atoms with Crippen LogP contribution in [0, 0.1) is 23.5 Å². The summed E-state index contributed by atoms with van der Waals surface area (Å²) < 4.78 is 53.8. The molecule has 0 heterocycles. The van der Waals surface area contributed by atoms with Crippen molar-refractivity contribution in [3.05, 3.63) is 23.8 Å². The smallest absolute Gasteiger partial charge is 0.246 e. The monoisotopic (exact) mass is 316 g/mol. The fourth-order valence-electron chi connectivity index (χ4n) is 2.33. The van der Waals surface area contributed by atoms with Gasteiger partial charge in [-0.2, -0.15) is 4.31 Å². The zero-order chi connectivity index (χ0) is 15.2. The van der Waals surface area contributed by atoms with Crippen molar-refractivity contribution in [3.63, 3.8) is 0 Å². The quantitative estimate of drug-likeness (QED) is 0.820. The van der Waals surface area contributed by atoms with E-state index >= 15 is 0 Å². The summed E-state index contributed by atoms with van der Waals surface area (Å²) in [5.74, 6) is -1.31. The third kappa shape index (κ3) is 3.18. The van der Waals surface area contributed by atoms with Crippen LogP contribution in [0.15, 0.2) is 17.0 Å². The second kappa shape index (κ2) is 5.21. The molecule has 2 saturated carbocycles. The molecule has 0 unspecified atom stereocenters. The van der Waals surface area contributed by atoms with Gasteiger partial charge in [-0.15, -0.1) is 0 Å². The Bertz CT molecular complexity index is 641. The zero-order valence-electron chi connectivity index (χ0n) is 11.6. The van der Waals surface area contributed by atoms with Crippen LogP contribution in [0.1, 0.15) is 25.7 Å². The molecule has 4 nitrogen and oxygen atoms in total. The molecule has 0 spiro atoms. The van der Waals surface area contributed by atoms with Gasteiger partial charge in [0.15, 0.2) is 0 Å². The summed E-state index contributed by atoms with van der Waals surface area (Å²) in [6.07, 6.45) is 4.02. The molecule has 7 heteroatoms. The molecule has 0 amide bonds. The third-order valence-corrected chi connectivity index (χ3v) is 5.83. The van der Waals surface area contributed by atoms with E-state index in [0.717, 1.165) is 31.7 Å². The summed E-state index contributed by atoms with van der Waals surface area (Å²) >= 11 is 0. The van der Waals surface area contributed by atoms with Crippen LogP contribution in [0.4, 0.5) is 14.5 Å². The van der Waals surface area contributed by atoms with E-state index in [2.05, 4.69) is 0 Å². The fraction of sp³-hybridized carbons (Fsp3) is 0.571. The minimum Gasteiger partial charge on any atom is -0.396 e. The Morgan fingerprint density at radius 1 is 1.05 bits per heavy atom. The number of hydrogen-bond acceptors (Lipinski definition) is 3. The highest BCUT2D eigenvalue weighted by atomic mass is 32.2. The minimum absolute atomic E-state index is 0.354. The van der Waals surface area contributed by atoms with Crippen LogP contribution in [0.5, 0.6) is 0 Å². The largest absolute Gasteiger partial charge is 0.396 e. The predicted molar refractivity (Wildman–Crippen MR) is 75.0 cm³/mol. The molecule has 116 valence electrons. The number of benzene rings is 1. The van der Waals surface area contributed by atoms with Crippen molar-refractivity contribution in [1.82, 2.24) is 4.31 Å². The van der Waals surface area contributed by atoms with Crippen molar-refractivity contribution in [2.45, 2.75) is 30.6 Å². The number of halogens is 2. The van der Waals surface area contributed by atoms with Gasteiger partial charge in [0.2, 0.25) is 10.0 Å². The highest BCUT2D eigenvalue weighted by molar-refractivity contribution is 7.89. The summed E-state index contributed by atoms with van der Waals surface area (Å²) in [5.41, 5.74) is 5.04. The highest BCUT2D eigenvalue weighted by Crippen LogP contribution is 2.36. The lowest BCUT2D eigenvalue weighted by atomic mass is 10.3. The molecule has 2 N–H and O–H groups in total. The second-order valence-electron chi connectivity index (χ2n) is 6.01. The van der Waals surface area contributed by atoms with E-state index in [1.165, 1.54) is 4.31 Å². The first-order valence-corrected chi connectivity index (χ1v) is 8.56. The maximum atomic E-state index is 13.9. The highest BCUT2D eigenvalue weighted by Gasteiger charge is 2.37. The minimum atomic E-state index is -3.97. The molecule has 0 aliphatic heterocycles. The number of nitrogens with two attached hydrogens (primary N) is 1. The van der Waals surface area contributed by atoms with E-state index in [9.17, 15) is 17.2 Å². The van der Waals surface area contributed by atoms with Crippen molar-refractivity contribution in [1.29, 1.82) is 0 Å². The fourth-order valence-corrected chi connectivity index (χ4v) is 4.00. The van der Waals surface area contributed by atoms with Gasteiger partial charge in [-0.3, -0.25) is 0 Å². The summed E-state index contributed by atoms with van der Waals surface area (Å²) in [6, 6.07) is 1.42. The van der Waals surface area contributed by atoms with Crippen LogP contribution in [-0.4, -0.2) is 25.8 Å². The number of anilines is 1. The molecule has 1 aromatic rings. The average molecular weight is 316 g/mol. The molecule has 2 aliphatic carbocycles. The maximum absolute atomic E-state index is 13.9. The van der Waals surface area contributed by atoms with Gasteiger partial charge >= 0.3 is 0 Å². The standard InChI is InChI=1S/C14H18F2N2O2S/c15-11-5-12(16)14(6-13(11)17)21(19,20)18(7-9-1-2-9)8-10-3-4-10/h5-6,9-10H,1-4,7-8,17H2. The molecule has 0 saturated heterocycles. The molecule has 0 bridgehead atoms. The lowest BCUT2D eigenvalue weighted by Crippen LogP contribution is -2.35. The summed E-state index contributed by atoms with van der Waals surface area (Å²) in [6.45, 7) is 0.825. The van der Waals surface area contributed by atoms with Gasteiger partial charge in [-0.05, 0) is 43.6 Å². The lowest BCUT2D eigenvalue weighted by molar-refractivity contribution is 0.379. The maximum Gasteiger partial charge on any atom is 0.246 e. The second-order valence-corrected chi connectivity index (χ2v) is 7.92. The molecule has 0 radical (unpaired) electrons. The summed E-state index contributed by atoms with van der Waals surface area (Å²) in [4.78, 5) is -0.525. The third-order valence-electron chi connectivity index (χ3n) is 3.99. The van der Waals surface area contributed by atoms with Crippen molar-refractivity contribution < 1.29 is 17.2 Å². The Hall–Kier alpha value is -1.21. The Morgan fingerprint density at radius 2 is 1.57 bits per heavy atom. The van der Waals surface area contributed by atoms with Gasteiger partial charge in [-0.25, -0.2) is 17.2 Å². The molecule has 2 aliphatic rings. The van der Waals surface area contributed by atoms with Crippen LogP contribution in [0.25, 0.3) is 0 Å². The van der Waals surface area contributed by atoms with Crippen molar-refractivity contribution in [3.8, 4) is 0 Å². The van der Waals surface area contributed by atoms with Crippen LogP contribution in [-0.2, 0) is 10.0 Å². The average Bonchev–Trinajstić information content (AvgIpc) is 3.27. The van der Waals surface area contributed by atoms with Crippen LogP contribution in [0.2, 0.25) is 0 Å². The lowest BCUT2D eigenvalue weighted by Gasteiger charge is -2.22. The van der Waals surface area contributed by atoms with Gasteiger partial charge in [-0.1, -0.05) is 0 Å². The Labute approximate surface area is 123 Å². The zero-order valence-corrected chi connectivity index (χ0v) is 12.4. The van der Waals surface area contributed by atoms with Gasteiger partial charge in [0, 0.05) is 19.2 Å². The van der Waals surface area contributed by atoms with Crippen molar-refractivity contribution in [2.24, 2.45) is 11.8 Å². The van der Waals surface area contributed by atoms with E-state index in [1.54, 1.807) is 0 Å². The molecular formula is C14H18F2N2O2S. The molecule has 0 atom stereocenters. The first-order valence-electron chi connectivity index (χ1n) is 7.12. The molecule has 1 aromatic carbocycles. The predicted octanol–water partition coefficient (Wildman–Crippen LogP) is 2.36. The van der Waals surface area contributed by atoms with Crippen LogP contribution >= 0.6 is 0 Å². The number of sulfonamides is 1. The summed E-state index contributed by atoms with van der Waals surface area (Å²) in [7, 11) is -3.97. The Kier molecular flexibility index (Phi) is 3.65. The number of nitrogens with zero attached hydrogens (tertiary/aromatic N) is 1. The van der Waals surface area contributed by atoms with Gasteiger partial charge in [0.1, 0.15) is 16.5 Å².